The lowest BCUT2D eigenvalue weighted by Crippen LogP contribution is -2.65. The van der Waals surface area contributed by atoms with Gasteiger partial charge < -0.3 is 9.64 Å². The van der Waals surface area contributed by atoms with Gasteiger partial charge in [-0.3, -0.25) is 4.79 Å². The quantitative estimate of drug-likeness (QED) is 0.473. The third-order valence-electron chi connectivity index (χ3n) is 6.83. The summed E-state index contributed by atoms with van der Waals surface area (Å²) in [5.41, 5.74) is 0.292. The van der Waals surface area contributed by atoms with E-state index < -0.39 is 42.5 Å². The Balaban J connectivity index is 1.46. The van der Waals surface area contributed by atoms with Gasteiger partial charge in [0.05, 0.1) is 23.2 Å². The van der Waals surface area contributed by atoms with Crippen molar-refractivity contribution in [1.29, 1.82) is 0 Å². The molecule has 0 spiro atoms. The van der Waals surface area contributed by atoms with Crippen molar-refractivity contribution < 1.29 is 27.1 Å². The number of carbonyl (C=O) groups excluding carboxylic acids is 1. The van der Waals surface area contributed by atoms with E-state index in [4.69, 9.17) is 4.74 Å². The number of hydrogen-bond acceptors (Lipinski definition) is 6. The molecule has 0 N–H and O–H groups in total. The average molecular weight is 501 g/mol. The Hall–Kier alpha value is -3.63. The number of carbonyl (C=O) groups is 1. The largest absolute Gasteiger partial charge is 0.472 e. The summed E-state index contributed by atoms with van der Waals surface area (Å²) in [6, 6.07) is 6.06. The van der Waals surface area contributed by atoms with Crippen molar-refractivity contribution in [3.05, 3.63) is 65.9 Å². The minimum Gasteiger partial charge on any atom is -0.472 e. The summed E-state index contributed by atoms with van der Waals surface area (Å²) in [5.74, 6) is -0.261. The molecule has 11 heteroatoms. The number of rotatable bonds is 5. The Labute approximate surface area is 204 Å². The highest BCUT2D eigenvalue weighted by Gasteiger charge is 2.51. The zero-order chi connectivity index (χ0) is 25.4. The van der Waals surface area contributed by atoms with Crippen LogP contribution in [0, 0.1) is 12.8 Å². The van der Waals surface area contributed by atoms with Gasteiger partial charge in [0, 0.05) is 30.4 Å². The molecule has 2 aliphatic heterocycles. The third-order valence-corrected chi connectivity index (χ3v) is 6.83. The second kappa shape index (κ2) is 9.44. The zero-order valence-electron chi connectivity index (χ0n) is 19.3. The molecule has 2 saturated heterocycles. The molecule has 1 aliphatic carbocycles. The Morgan fingerprint density at radius 2 is 1.89 bits per heavy atom. The molecule has 0 unspecified atom stereocenters. The zero-order valence-corrected chi connectivity index (χ0v) is 19.3. The minimum absolute atomic E-state index is 0.0248. The van der Waals surface area contributed by atoms with Crippen molar-refractivity contribution in [1.82, 2.24) is 24.8 Å². The van der Waals surface area contributed by atoms with Gasteiger partial charge in [0.2, 0.25) is 5.88 Å². The number of alkyl halides is 4. The van der Waals surface area contributed by atoms with Crippen molar-refractivity contribution in [2.75, 3.05) is 6.67 Å². The lowest BCUT2D eigenvalue weighted by atomic mass is 9.73. The van der Waals surface area contributed by atoms with Crippen molar-refractivity contribution in [2.45, 2.75) is 50.6 Å². The van der Waals surface area contributed by atoms with Crippen LogP contribution in [0.25, 0.3) is 11.4 Å². The van der Waals surface area contributed by atoms with Gasteiger partial charge in [-0.05, 0) is 56.4 Å². The number of ether oxygens (including phenoxy) is 1. The fraction of sp³-hybridized carbons (Fsp3) is 0.400. The number of aryl methyl sites for hydroxylation is 1. The lowest BCUT2D eigenvalue weighted by molar-refractivity contribution is -0.137. The number of hydrogen-bond donors (Lipinski definition) is 0. The van der Waals surface area contributed by atoms with Gasteiger partial charge in [0.1, 0.15) is 18.5 Å². The van der Waals surface area contributed by atoms with Gasteiger partial charge in [-0.1, -0.05) is 0 Å². The molecule has 36 heavy (non-hydrogen) atoms. The van der Waals surface area contributed by atoms with E-state index in [1.807, 2.05) is 0 Å². The molecule has 1 saturated carbocycles. The maximum Gasteiger partial charge on any atom is 0.417 e. The molecule has 4 atom stereocenters. The van der Waals surface area contributed by atoms with E-state index in [2.05, 4.69) is 19.9 Å². The van der Waals surface area contributed by atoms with Crippen molar-refractivity contribution >= 4 is 5.91 Å². The number of pyridine rings is 2. The first-order valence-corrected chi connectivity index (χ1v) is 11.6. The summed E-state index contributed by atoms with van der Waals surface area (Å²) in [5, 5.41) is 0. The lowest BCUT2D eigenvalue weighted by Gasteiger charge is -2.53. The molecule has 1 amide bonds. The molecule has 7 nitrogen and oxygen atoms in total. The molecule has 3 aromatic rings. The molecular formula is C25H23F4N5O2. The highest BCUT2D eigenvalue weighted by molar-refractivity contribution is 5.98. The van der Waals surface area contributed by atoms with Crippen LogP contribution in [0.2, 0.25) is 0 Å². The first-order valence-electron chi connectivity index (χ1n) is 11.6. The van der Waals surface area contributed by atoms with E-state index in [0.717, 1.165) is 18.6 Å². The summed E-state index contributed by atoms with van der Waals surface area (Å²) in [6.07, 6.45) is 0.554. The van der Waals surface area contributed by atoms with Gasteiger partial charge >= 0.3 is 6.18 Å². The summed E-state index contributed by atoms with van der Waals surface area (Å²) >= 11 is 0. The van der Waals surface area contributed by atoms with E-state index in [1.54, 1.807) is 37.5 Å². The van der Waals surface area contributed by atoms with Gasteiger partial charge in [0.25, 0.3) is 5.91 Å². The van der Waals surface area contributed by atoms with Crippen LogP contribution in [0.5, 0.6) is 5.88 Å². The second-order valence-corrected chi connectivity index (χ2v) is 9.03. The van der Waals surface area contributed by atoms with Crippen molar-refractivity contribution in [3.63, 3.8) is 0 Å². The molecular weight excluding hydrogens is 478 g/mol. The monoisotopic (exact) mass is 501 g/mol. The van der Waals surface area contributed by atoms with Crippen LogP contribution in [-0.2, 0) is 6.18 Å². The van der Waals surface area contributed by atoms with E-state index >= 15 is 0 Å². The summed E-state index contributed by atoms with van der Waals surface area (Å²) in [6.45, 7) is 1.03. The van der Waals surface area contributed by atoms with Crippen LogP contribution >= 0.6 is 0 Å². The van der Waals surface area contributed by atoms with Crippen LogP contribution in [0.4, 0.5) is 17.6 Å². The number of halogens is 4. The molecule has 2 bridgehead atoms. The number of nitrogens with zero attached hydrogens (tertiary/aromatic N) is 5. The van der Waals surface area contributed by atoms with Crippen LogP contribution < -0.4 is 4.74 Å². The van der Waals surface area contributed by atoms with E-state index in [0.29, 0.717) is 36.1 Å². The maximum absolute atomic E-state index is 14.3. The number of aromatic nitrogens is 4. The summed E-state index contributed by atoms with van der Waals surface area (Å²) in [7, 11) is 0. The number of piperidine rings is 2. The predicted molar refractivity (Wildman–Crippen MR) is 121 cm³/mol. The fourth-order valence-electron chi connectivity index (χ4n) is 5.15. The molecule has 6 rings (SSSR count). The van der Waals surface area contributed by atoms with Crippen LogP contribution in [0.3, 0.4) is 0 Å². The second-order valence-electron chi connectivity index (χ2n) is 9.03. The van der Waals surface area contributed by atoms with E-state index in [-0.39, 0.29) is 17.5 Å². The van der Waals surface area contributed by atoms with E-state index in [9.17, 15) is 22.4 Å². The average Bonchev–Trinajstić information content (AvgIpc) is 2.88. The molecule has 0 aromatic carbocycles. The Bertz CT molecular complexity index is 1240. The Morgan fingerprint density at radius 1 is 1.11 bits per heavy atom. The topological polar surface area (TPSA) is 81.1 Å². The standard InChI is InChI=1S/C25H23F4N5O2/c1-14-3-6-17(23-30-9-2-10-31-23)22(33-14)24(35)34-18-7-4-15(19(34)12-26)11-20(18)36-21-8-5-16(13-32-21)25(27,28)29/h2-3,5-6,8-10,13,15,18-20H,4,7,11-12H2,1H3/t15-,18+,19-,20+/m1/s1. The van der Waals surface area contributed by atoms with Crippen molar-refractivity contribution in [2.24, 2.45) is 5.92 Å². The van der Waals surface area contributed by atoms with Crippen LogP contribution in [-0.4, -0.2) is 55.6 Å². The number of fused-ring (bicyclic) bond motifs is 3. The Morgan fingerprint density at radius 3 is 2.56 bits per heavy atom. The highest BCUT2D eigenvalue weighted by Crippen LogP contribution is 2.42. The molecule has 5 heterocycles. The maximum atomic E-state index is 14.3. The highest BCUT2D eigenvalue weighted by atomic mass is 19.4. The minimum atomic E-state index is -4.51. The van der Waals surface area contributed by atoms with Crippen LogP contribution in [0.15, 0.2) is 48.9 Å². The fourth-order valence-corrected chi connectivity index (χ4v) is 5.15. The first-order chi connectivity index (χ1) is 17.3. The SMILES string of the molecule is Cc1ccc(-c2ncccn2)c(C(=O)N2[C@H](CF)[C@@H]3CC[C@H]2[C@@H](Oc2ccc(C(F)(F)F)cn2)C3)n1. The molecule has 3 aliphatic rings. The molecule has 188 valence electrons. The van der Waals surface area contributed by atoms with E-state index in [1.165, 1.54) is 4.90 Å². The normalized spacial score (nSPS) is 23.5. The van der Waals surface area contributed by atoms with Crippen molar-refractivity contribution in [3.8, 4) is 17.3 Å². The van der Waals surface area contributed by atoms with Gasteiger partial charge in [-0.2, -0.15) is 13.2 Å². The number of amides is 1. The van der Waals surface area contributed by atoms with Gasteiger partial charge in [0.15, 0.2) is 5.82 Å². The molecule has 3 aromatic heterocycles. The molecule has 0 radical (unpaired) electrons. The smallest absolute Gasteiger partial charge is 0.417 e. The molecule has 3 fully saturated rings. The van der Waals surface area contributed by atoms with Gasteiger partial charge in [-0.25, -0.2) is 24.3 Å². The summed E-state index contributed by atoms with van der Waals surface area (Å²) < 4.78 is 58.9. The van der Waals surface area contributed by atoms with Crippen LogP contribution in [0.1, 0.15) is 41.0 Å². The Kier molecular flexibility index (Phi) is 6.31. The van der Waals surface area contributed by atoms with Gasteiger partial charge in [-0.15, -0.1) is 0 Å². The predicted octanol–water partition coefficient (Wildman–Crippen LogP) is 4.67. The summed E-state index contributed by atoms with van der Waals surface area (Å²) in [4.78, 5) is 32.2. The first kappa shape index (κ1) is 24.1. The third kappa shape index (κ3) is 4.49.